The van der Waals surface area contributed by atoms with E-state index >= 15 is 0 Å². The van der Waals surface area contributed by atoms with Gasteiger partial charge in [0.15, 0.2) is 11.6 Å². The number of halogens is 1. The van der Waals surface area contributed by atoms with Crippen molar-refractivity contribution in [3.8, 4) is 11.3 Å². The Labute approximate surface area is 103 Å². The van der Waals surface area contributed by atoms with Gasteiger partial charge in [0, 0.05) is 15.6 Å². The van der Waals surface area contributed by atoms with Crippen molar-refractivity contribution in [3.63, 3.8) is 0 Å². The van der Waals surface area contributed by atoms with Gasteiger partial charge in [0.25, 0.3) is 0 Å². The van der Waals surface area contributed by atoms with E-state index in [0.29, 0.717) is 5.82 Å². The number of nitrogen functional groups attached to an aromatic ring is 1. The Balaban J connectivity index is 2.62. The molecule has 0 saturated carbocycles. The monoisotopic (exact) mass is 280 g/mol. The van der Waals surface area contributed by atoms with E-state index in [0.717, 1.165) is 33.3 Å². The molecule has 2 rings (SSSR count). The number of nitrogens with two attached hydrogens (primary N) is 1. The molecule has 1 aromatic heterocycles. The first-order valence-electron chi connectivity index (χ1n) is 5.14. The van der Waals surface area contributed by atoms with E-state index in [2.05, 4.69) is 21.1 Å². The van der Waals surface area contributed by atoms with Gasteiger partial charge in [-0.1, -0.05) is 34.1 Å². The largest absolute Gasteiger partial charge is 0.381 e. The molecule has 2 aromatic rings. The molecular weight excluding hydrogens is 268 g/mol. The summed E-state index contributed by atoms with van der Waals surface area (Å²) in [5.74, 6) is 1.26. The SMILES string of the molecule is CCc1c(N)noc1-c1cc(Br)ccc1C. The quantitative estimate of drug-likeness (QED) is 0.915. The van der Waals surface area contributed by atoms with Crippen LogP contribution in [-0.4, -0.2) is 5.16 Å². The highest BCUT2D eigenvalue weighted by molar-refractivity contribution is 9.10. The average Bonchev–Trinajstić information content (AvgIpc) is 2.63. The zero-order valence-corrected chi connectivity index (χ0v) is 10.8. The molecule has 0 aliphatic carbocycles. The molecule has 0 atom stereocenters. The van der Waals surface area contributed by atoms with Gasteiger partial charge in [-0.3, -0.25) is 0 Å². The van der Waals surface area contributed by atoms with E-state index in [9.17, 15) is 0 Å². The van der Waals surface area contributed by atoms with Crippen LogP contribution in [0, 0.1) is 6.92 Å². The minimum absolute atomic E-state index is 0.483. The van der Waals surface area contributed by atoms with Gasteiger partial charge in [0.1, 0.15) is 0 Å². The highest BCUT2D eigenvalue weighted by Crippen LogP contribution is 2.32. The molecule has 1 aromatic carbocycles. The predicted molar refractivity (Wildman–Crippen MR) is 68.2 cm³/mol. The van der Waals surface area contributed by atoms with E-state index in [4.69, 9.17) is 10.3 Å². The second kappa shape index (κ2) is 4.29. The van der Waals surface area contributed by atoms with Crippen LogP contribution >= 0.6 is 15.9 Å². The predicted octanol–water partition coefficient (Wildman–Crippen LogP) is 3.56. The molecule has 1 heterocycles. The van der Waals surface area contributed by atoms with Crippen LogP contribution in [0.5, 0.6) is 0 Å². The Morgan fingerprint density at radius 1 is 1.44 bits per heavy atom. The van der Waals surface area contributed by atoms with Crippen LogP contribution in [-0.2, 0) is 6.42 Å². The van der Waals surface area contributed by atoms with Crippen molar-refractivity contribution >= 4 is 21.7 Å². The van der Waals surface area contributed by atoms with Gasteiger partial charge < -0.3 is 10.3 Å². The maximum absolute atomic E-state index is 5.76. The molecule has 0 unspecified atom stereocenters. The summed E-state index contributed by atoms with van der Waals surface area (Å²) >= 11 is 3.45. The number of anilines is 1. The van der Waals surface area contributed by atoms with Crippen molar-refractivity contribution in [2.75, 3.05) is 5.73 Å². The van der Waals surface area contributed by atoms with Gasteiger partial charge in [0.2, 0.25) is 0 Å². The fourth-order valence-electron chi connectivity index (χ4n) is 1.71. The number of nitrogens with zero attached hydrogens (tertiary/aromatic N) is 1. The summed E-state index contributed by atoms with van der Waals surface area (Å²) in [6.45, 7) is 4.08. The topological polar surface area (TPSA) is 52.0 Å². The molecule has 4 heteroatoms. The van der Waals surface area contributed by atoms with Crippen molar-refractivity contribution in [1.29, 1.82) is 0 Å². The molecule has 0 bridgehead atoms. The van der Waals surface area contributed by atoms with E-state index in [1.165, 1.54) is 0 Å². The molecule has 0 radical (unpaired) electrons. The fraction of sp³-hybridized carbons (Fsp3) is 0.250. The second-order valence-corrected chi connectivity index (χ2v) is 4.60. The summed E-state index contributed by atoms with van der Waals surface area (Å²) in [4.78, 5) is 0. The fourth-order valence-corrected chi connectivity index (χ4v) is 2.07. The Kier molecular flexibility index (Phi) is 3.01. The second-order valence-electron chi connectivity index (χ2n) is 3.69. The third-order valence-electron chi connectivity index (χ3n) is 2.62. The van der Waals surface area contributed by atoms with Crippen molar-refractivity contribution in [1.82, 2.24) is 5.16 Å². The zero-order valence-electron chi connectivity index (χ0n) is 9.25. The number of hydrogen-bond acceptors (Lipinski definition) is 3. The Morgan fingerprint density at radius 3 is 2.88 bits per heavy atom. The van der Waals surface area contributed by atoms with Crippen molar-refractivity contribution in [2.45, 2.75) is 20.3 Å². The lowest BCUT2D eigenvalue weighted by molar-refractivity contribution is 0.435. The average molecular weight is 281 g/mol. The van der Waals surface area contributed by atoms with E-state index in [-0.39, 0.29) is 0 Å². The summed E-state index contributed by atoms with van der Waals surface area (Å²) in [5.41, 5.74) is 8.92. The van der Waals surface area contributed by atoms with Gasteiger partial charge in [-0.2, -0.15) is 0 Å². The smallest absolute Gasteiger partial charge is 0.172 e. The zero-order chi connectivity index (χ0) is 11.7. The standard InChI is InChI=1S/C12H13BrN2O/c1-3-9-11(16-15-12(9)14)10-6-8(13)5-4-7(10)2/h4-6H,3H2,1-2H3,(H2,14,15). The molecule has 16 heavy (non-hydrogen) atoms. The van der Waals surface area contributed by atoms with Crippen molar-refractivity contribution < 1.29 is 4.52 Å². The normalized spacial score (nSPS) is 10.7. The number of aromatic nitrogens is 1. The maximum Gasteiger partial charge on any atom is 0.172 e. The highest BCUT2D eigenvalue weighted by atomic mass is 79.9. The number of benzene rings is 1. The molecule has 3 nitrogen and oxygen atoms in total. The van der Waals surface area contributed by atoms with Crippen LogP contribution in [0.4, 0.5) is 5.82 Å². The lowest BCUT2D eigenvalue weighted by atomic mass is 10.0. The minimum atomic E-state index is 0.483. The van der Waals surface area contributed by atoms with Gasteiger partial charge in [0.05, 0.1) is 0 Å². The lowest BCUT2D eigenvalue weighted by Gasteiger charge is -2.04. The van der Waals surface area contributed by atoms with Gasteiger partial charge >= 0.3 is 0 Å². The molecule has 0 spiro atoms. The molecule has 2 N–H and O–H groups in total. The summed E-state index contributed by atoms with van der Waals surface area (Å²) in [5, 5.41) is 3.82. The summed E-state index contributed by atoms with van der Waals surface area (Å²) in [6, 6.07) is 6.07. The first-order chi connectivity index (χ1) is 7.63. The first-order valence-corrected chi connectivity index (χ1v) is 5.93. The van der Waals surface area contributed by atoms with Crippen LogP contribution in [0.2, 0.25) is 0 Å². The van der Waals surface area contributed by atoms with Crippen LogP contribution < -0.4 is 5.73 Å². The lowest BCUT2D eigenvalue weighted by Crippen LogP contribution is -1.91. The first kappa shape index (κ1) is 11.2. The molecule has 0 aliphatic heterocycles. The van der Waals surface area contributed by atoms with Crippen molar-refractivity contribution in [3.05, 3.63) is 33.8 Å². The maximum atomic E-state index is 5.76. The summed E-state index contributed by atoms with van der Waals surface area (Å²) < 4.78 is 6.33. The van der Waals surface area contributed by atoms with Gasteiger partial charge in [-0.25, -0.2) is 0 Å². The Bertz CT molecular complexity index is 520. The van der Waals surface area contributed by atoms with E-state index in [1.807, 2.05) is 32.0 Å². The van der Waals surface area contributed by atoms with Crippen molar-refractivity contribution in [2.24, 2.45) is 0 Å². The molecule has 84 valence electrons. The van der Waals surface area contributed by atoms with Gasteiger partial charge in [-0.15, -0.1) is 0 Å². The number of aryl methyl sites for hydroxylation is 1. The Hall–Kier alpha value is -1.29. The number of rotatable bonds is 2. The van der Waals surface area contributed by atoms with Crippen LogP contribution in [0.15, 0.2) is 27.2 Å². The van der Waals surface area contributed by atoms with Crippen LogP contribution in [0.3, 0.4) is 0 Å². The molecule has 0 amide bonds. The molecule has 0 saturated heterocycles. The van der Waals surface area contributed by atoms with Gasteiger partial charge in [-0.05, 0) is 31.0 Å². The third kappa shape index (κ3) is 1.85. The molecular formula is C12H13BrN2O. The molecule has 0 aliphatic rings. The minimum Gasteiger partial charge on any atom is -0.381 e. The third-order valence-corrected chi connectivity index (χ3v) is 3.11. The summed E-state index contributed by atoms with van der Waals surface area (Å²) in [6.07, 6.45) is 0.816. The molecule has 0 fully saturated rings. The highest BCUT2D eigenvalue weighted by Gasteiger charge is 2.15. The van der Waals surface area contributed by atoms with E-state index in [1.54, 1.807) is 0 Å². The van der Waals surface area contributed by atoms with E-state index < -0.39 is 0 Å². The number of hydrogen-bond donors (Lipinski definition) is 1. The van der Waals surface area contributed by atoms with Crippen LogP contribution in [0.25, 0.3) is 11.3 Å². The summed E-state index contributed by atoms with van der Waals surface area (Å²) in [7, 11) is 0. The van der Waals surface area contributed by atoms with Crippen LogP contribution in [0.1, 0.15) is 18.1 Å². The Morgan fingerprint density at radius 2 is 2.19 bits per heavy atom.